The van der Waals surface area contributed by atoms with E-state index in [4.69, 9.17) is 16.3 Å². The van der Waals surface area contributed by atoms with E-state index in [0.717, 1.165) is 4.47 Å². The van der Waals surface area contributed by atoms with Gasteiger partial charge in [0.2, 0.25) is 0 Å². The maximum absolute atomic E-state index is 13.6. The van der Waals surface area contributed by atoms with Gasteiger partial charge in [0, 0.05) is 16.5 Å². The minimum atomic E-state index is -0.488. The highest BCUT2D eigenvalue weighted by Crippen LogP contribution is 2.24. The lowest BCUT2D eigenvalue weighted by atomic mass is 10.0. The topological polar surface area (TPSA) is 26.3 Å². The highest BCUT2D eigenvalue weighted by molar-refractivity contribution is 9.10. The third-order valence-corrected chi connectivity index (χ3v) is 3.63. The van der Waals surface area contributed by atoms with Crippen LogP contribution in [0, 0.1) is 5.82 Å². The predicted octanol–water partition coefficient (Wildman–Crippen LogP) is 4.68. The van der Waals surface area contributed by atoms with Crippen molar-refractivity contribution in [1.82, 2.24) is 0 Å². The van der Waals surface area contributed by atoms with Crippen LogP contribution in [0.5, 0.6) is 5.75 Å². The van der Waals surface area contributed by atoms with Crippen LogP contribution >= 0.6 is 27.5 Å². The van der Waals surface area contributed by atoms with Crippen LogP contribution in [0.1, 0.15) is 15.9 Å². The Balaban J connectivity index is 2.23. The van der Waals surface area contributed by atoms with E-state index < -0.39 is 5.82 Å². The van der Waals surface area contributed by atoms with Gasteiger partial charge >= 0.3 is 0 Å². The number of carbonyl (C=O) groups excluding carboxylic acids is 1. The molecule has 2 aromatic carbocycles. The van der Waals surface area contributed by atoms with E-state index in [1.165, 1.54) is 19.2 Å². The first-order valence-electron chi connectivity index (χ1n) is 5.82. The highest BCUT2D eigenvalue weighted by atomic mass is 79.9. The Labute approximate surface area is 129 Å². The lowest BCUT2D eigenvalue weighted by Crippen LogP contribution is -2.05. The molecule has 0 atom stereocenters. The second-order valence-corrected chi connectivity index (χ2v) is 5.52. The summed E-state index contributed by atoms with van der Waals surface area (Å²) in [6.07, 6.45) is 0.0804. The fraction of sp³-hybridized carbons (Fsp3) is 0.133. The molecular formula is C15H11BrClFO2. The van der Waals surface area contributed by atoms with Gasteiger partial charge in [-0.1, -0.05) is 33.6 Å². The van der Waals surface area contributed by atoms with E-state index in [9.17, 15) is 9.18 Å². The molecule has 2 rings (SSSR count). The number of hydrogen-bond donors (Lipinski definition) is 0. The molecule has 0 spiro atoms. The van der Waals surface area contributed by atoms with Crippen molar-refractivity contribution in [3.8, 4) is 5.75 Å². The van der Waals surface area contributed by atoms with Crippen molar-refractivity contribution in [2.75, 3.05) is 7.11 Å². The van der Waals surface area contributed by atoms with E-state index in [2.05, 4.69) is 15.9 Å². The molecule has 104 valence electrons. The van der Waals surface area contributed by atoms with Gasteiger partial charge in [0.25, 0.3) is 0 Å². The lowest BCUT2D eigenvalue weighted by molar-refractivity contribution is 0.0993. The molecule has 0 N–H and O–H groups in total. The largest absolute Gasteiger partial charge is 0.494 e. The summed E-state index contributed by atoms with van der Waals surface area (Å²) in [6.45, 7) is 0. The SMILES string of the molecule is COc1ccc(CC(=O)c2cc(Br)ccc2Cl)cc1F. The van der Waals surface area contributed by atoms with Gasteiger partial charge < -0.3 is 4.74 Å². The molecule has 0 bridgehead atoms. The van der Waals surface area contributed by atoms with Gasteiger partial charge in [-0.25, -0.2) is 4.39 Å². The summed E-state index contributed by atoms with van der Waals surface area (Å²) >= 11 is 9.29. The normalized spacial score (nSPS) is 10.4. The number of Topliss-reactive ketones (excluding diaryl/α,β-unsaturated/α-hetero) is 1. The zero-order valence-corrected chi connectivity index (χ0v) is 13.0. The monoisotopic (exact) mass is 356 g/mol. The third kappa shape index (κ3) is 3.38. The average Bonchev–Trinajstić information content (AvgIpc) is 2.41. The van der Waals surface area contributed by atoms with Gasteiger partial charge in [-0.3, -0.25) is 4.79 Å². The number of rotatable bonds is 4. The van der Waals surface area contributed by atoms with E-state index in [1.54, 1.807) is 24.3 Å². The van der Waals surface area contributed by atoms with Gasteiger partial charge in [-0.2, -0.15) is 0 Å². The van der Waals surface area contributed by atoms with Crippen molar-refractivity contribution in [1.29, 1.82) is 0 Å². The van der Waals surface area contributed by atoms with E-state index in [1.807, 2.05) is 0 Å². The first-order valence-corrected chi connectivity index (χ1v) is 6.99. The Hall–Kier alpha value is -1.39. The molecule has 0 unspecified atom stereocenters. The van der Waals surface area contributed by atoms with Crippen molar-refractivity contribution in [2.24, 2.45) is 0 Å². The molecule has 0 fully saturated rings. The molecular weight excluding hydrogens is 347 g/mol. The smallest absolute Gasteiger partial charge is 0.168 e. The van der Waals surface area contributed by atoms with Gasteiger partial charge in [0.15, 0.2) is 17.3 Å². The Morgan fingerprint density at radius 3 is 2.70 bits per heavy atom. The third-order valence-electron chi connectivity index (χ3n) is 2.81. The molecule has 0 saturated heterocycles. The number of hydrogen-bond acceptors (Lipinski definition) is 2. The maximum atomic E-state index is 13.6. The molecule has 0 aliphatic rings. The van der Waals surface area contributed by atoms with Crippen LogP contribution in [-0.2, 0) is 6.42 Å². The van der Waals surface area contributed by atoms with Crippen molar-refractivity contribution in [3.05, 3.63) is 62.8 Å². The zero-order chi connectivity index (χ0) is 14.7. The summed E-state index contributed by atoms with van der Waals surface area (Å²) in [5, 5.41) is 0.382. The van der Waals surface area contributed by atoms with Crippen LogP contribution in [0.15, 0.2) is 40.9 Å². The number of halogens is 3. The second-order valence-electron chi connectivity index (χ2n) is 4.19. The van der Waals surface area contributed by atoms with Crippen LogP contribution in [0.3, 0.4) is 0 Å². The molecule has 0 amide bonds. The molecule has 2 nitrogen and oxygen atoms in total. The van der Waals surface area contributed by atoms with Crippen LogP contribution in [0.4, 0.5) is 4.39 Å². The van der Waals surface area contributed by atoms with E-state index in [0.29, 0.717) is 16.1 Å². The average molecular weight is 358 g/mol. The summed E-state index contributed by atoms with van der Waals surface area (Å²) in [6, 6.07) is 9.51. The maximum Gasteiger partial charge on any atom is 0.168 e. The minimum Gasteiger partial charge on any atom is -0.494 e. The Morgan fingerprint density at radius 1 is 1.30 bits per heavy atom. The van der Waals surface area contributed by atoms with Gasteiger partial charge in [0.1, 0.15) is 0 Å². The van der Waals surface area contributed by atoms with Crippen molar-refractivity contribution in [3.63, 3.8) is 0 Å². The second kappa shape index (κ2) is 6.37. The first-order chi connectivity index (χ1) is 9.51. The van der Waals surface area contributed by atoms with Crippen molar-refractivity contribution < 1.29 is 13.9 Å². The highest BCUT2D eigenvalue weighted by Gasteiger charge is 2.13. The molecule has 0 aromatic heterocycles. The van der Waals surface area contributed by atoms with Gasteiger partial charge in [0.05, 0.1) is 12.1 Å². The zero-order valence-electron chi connectivity index (χ0n) is 10.6. The lowest BCUT2D eigenvalue weighted by Gasteiger charge is -2.06. The van der Waals surface area contributed by atoms with Crippen LogP contribution < -0.4 is 4.74 Å². The number of benzene rings is 2. The van der Waals surface area contributed by atoms with Crippen LogP contribution in [0.25, 0.3) is 0 Å². The summed E-state index contributed by atoms with van der Waals surface area (Å²) in [5.41, 5.74) is 0.988. The number of ether oxygens (including phenoxy) is 1. The van der Waals surface area contributed by atoms with E-state index in [-0.39, 0.29) is 18.0 Å². The summed E-state index contributed by atoms with van der Waals surface area (Å²) in [4.78, 5) is 12.2. The van der Waals surface area contributed by atoms with Crippen molar-refractivity contribution >= 4 is 33.3 Å². The first kappa shape index (κ1) is 15.0. The number of carbonyl (C=O) groups is 1. The predicted molar refractivity (Wildman–Crippen MR) is 80.1 cm³/mol. The fourth-order valence-electron chi connectivity index (χ4n) is 1.81. The van der Waals surface area contributed by atoms with Crippen LogP contribution in [-0.4, -0.2) is 12.9 Å². The molecule has 0 heterocycles. The summed E-state index contributed by atoms with van der Waals surface area (Å²) < 4.78 is 19.2. The van der Waals surface area contributed by atoms with Crippen LogP contribution in [0.2, 0.25) is 5.02 Å². The Bertz CT molecular complexity index is 658. The minimum absolute atomic E-state index is 0.0804. The van der Waals surface area contributed by atoms with Crippen molar-refractivity contribution in [2.45, 2.75) is 6.42 Å². The van der Waals surface area contributed by atoms with Gasteiger partial charge in [-0.05, 0) is 35.9 Å². The molecule has 2 aromatic rings. The summed E-state index contributed by atoms with van der Waals surface area (Å²) in [5.74, 6) is -0.499. The molecule has 0 saturated carbocycles. The Kier molecular flexibility index (Phi) is 4.78. The fourth-order valence-corrected chi connectivity index (χ4v) is 2.40. The van der Waals surface area contributed by atoms with Gasteiger partial charge in [-0.15, -0.1) is 0 Å². The molecule has 0 aliphatic heterocycles. The standard InChI is InChI=1S/C15H11BrClFO2/c1-20-15-5-2-9(6-13(15)18)7-14(19)11-8-10(16)3-4-12(11)17/h2-6,8H,7H2,1H3. The molecule has 20 heavy (non-hydrogen) atoms. The molecule has 0 aliphatic carbocycles. The summed E-state index contributed by atoms with van der Waals surface area (Å²) in [7, 11) is 1.39. The van der Waals surface area contributed by atoms with E-state index >= 15 is 0 Å². The molecule has 5 heteroatoms. The molecule has 0 radical (unpaired) electrons. The quantitative estimate of drug-likeness (QED) is 0.743. The number of methoxy groups -OCH3 is 1. The number of ketones is 1. The Morgan fingerprint density at radius 2 is 2.05 bits per heavy atom.